The molecule has 1 fully saturated rings. The van der Waals surface area contributed by atoms with E-state index in [2.05, 4.69) is 20.5 Å². The standard InChI is InChI=1S/C27H24F4N6O3/c1-2-32-25(39)21-23(27(29,30)31)33-20-13-36(9-10-37(20)21)26-22(40-26)17-11-14(7-8-18(17)28)12-19-15-5-3-4-6-16(15)24(38)35-34-19/h3-8,11,22,26H,2,9-10,12-13H2,1H3,(H,32,39)(H,35,38). The van der Waals surface area contributed by atoms with Gasteiger partial charge in [-0.1, -0.05) is 24.3 Å². The van der Waals surface area contributed by atoms with Gasteiger partial charge < -0.3 is 14.6 Å². The van der Waals surface area contributed by atoms with Crippen molar-refractivity contribution in [3.8, 4) is 0 Å². The van der Waals surface area contributed by atoms with Gasteiger partial charge in [0, 0.05) is 37.0 Å². The van der Waals surface area contributed by atoms with Crippen LogP contribution in [0.4, 0.5) is 17.6 Å². The molecule has 1 saturated heterocycles. The van der Waals surface area contributed by atoms with Gasteiger partial charge in [0.2, 0.25) is 0 Å². The molecule has 2 aliphatic heterocycles. The normalized spacial score (nSPS) is 19.0. The van der Waals surface area contributed by atoms with Crippen molar-refractivity contribution in [2.24, 2.45) is 0 Å². The number of carbonyl (C=O) groups excluding carboxylic acids is 1. The molecular formula is C27H24F4N6O3. The highest BCUT2D eigenvalue weighted by molar-refractivity contribution is 5.94. The van der Waals surface area contributed by atoms with Gasteiger partial charge in [0.05, 0.1) is 17.6 Å². The predicted molar refractivity (Wildman–Crippen MR) is 135 cm³/mol. The lowest BCUT2D eigenvalue weighted by molar-refractivity contribution is -0.141. The Morgan fingerprint density at radius 2 is 1.95 bits per heavy atom. The zero-order chi connectivity index (χ0) is 28.2. The Morgan fingerprint density at radius 3 is 2.70 bits per heavy atom. The molecule has 0 spiro atoms. The van der Waals surface area contributed by atoms with Gasteiger partial charge in [0.1, 0.15) is 29.7 Å². The zero-order valence-electron chi connectivity index (χ0n) is 21.3. The van der Waals surface area contributed by atoms with E-state index in [0.29, 0.717) is 35.0 Å². The number of H-pyrrole nitrogens is 1. The van der Waals surface area contributed by atoms with Gasteiger partial charge in [0.15, 0.2) is 5.69 Å². The number of rotatable bonds is 6. The topological polar surface area (TPSA) is 108 Å². The second-order valence-corrected chi connectivity index (χ2v) is 9.73. The van der Waals surface area contributed by atoms with E-state index in [-0.39, 0.29) is 31.0 Å². The summed E-state index contributed by atoms with van der Waals surface area (Å²) < 4.78 is 63.0. The monoisotopic (exact) mass is 556 g/mol. The number of epoxide rings is 1. The number of hydrogen-bond donors (Lipinski definition) is 2. The van der Waals surface area contributed by atoms with E-state index in [1.165, 1.54) is 10.6 Å². The number of nitrogens with one attached hydrogen (secondary N) is 2. The van der Waals surface area contributed by atoms with E-state index in [9.17, 15) is 27.2 Å². The number of aromatic nitrogens is 4. The van der Waals surface area contributed by atoms with Gasteiger partial charge in [-0.2, -0.15) is 18.3 Å². The maximum atomic E-state index is 14.9. The fourth-order valence-electron chi connectivity index (χ4n) is 5.27. The average molecular weight is 557 g/mol. The predicted octanol–water partition coefficient (Wildman–Crippen LogP) is 3.53. The Bertz CT molecular complexity index is 1680. The van der Waals surface area contributed by atoms with E-state index in [4.69, 9.17) is 4.74 Å². The van der Waals surface area contributed by atoms with Crippen LogP contribution in [-0.4, -0.2) is 49.9 Å². The molecule has 2 unspecified atom stereocenters. The van der Waals surface area contributed by atoms with E-state index in [1.807, 2.05) is 6.07 Å². The van der Waals surface area contributed by atoms with Crippen molar-refractivity contribution in [3.63, 3.8) is 0 Å². The maximum absolute atomic E-state index is 14.9. The number of halogens is 4. The highest BCUT2D eigenvalue weighted by Crippen LogP contribution is 2.44. The van der Waals surface area contributed by atoms with E-state index < -0.39 is 41.6 Å². The van der Waals surface area contributed by atoms with Gasteiger partial charge >= 0.3 is 6.18 Å². The molecule has 9 nitrogen and oxygen atoms in total. The summed E-state index contributed by atoms with van der Waals surface area (Å²) in [7, 11) is 0. The van der Waals surface area contributed by atoms with Crippen LogP contribution in [0.25, 0.3) is 10.8 Å². The zero-order valence-corrected chi connectivity index (χ0v) is 21.3. The lowest BCUT2D eigenvalue weighted by Gasteiger charge is -2.27. The van der Waals surface area contributed by atoms with Crippen LogP contribution in [0.5, 0.6) is 0 Å². The molecule has 0 radical (unpaired) electrons. The number of aromatic amines is 1. The molecule has 2 aromatic heterocycles. The van der Waals surface area contributed by atoms with Gasteiger partial charge in [-0.15, -0.1) is 0 Å². The SMILES string of the molecule is CCNC(=O)c1c(C(F)(F)F)nc2n1CCN(C1OC1c1cc(Cc3n[nH]c(=O)c4ccccc34)ccc1F)C2. The summed E-state index contributed by atoms with van der Waals surface area (Å²) in [5, 5.41) is 10.3. The quantitative estimate of drug-likeness (QED) is 0.278. The molecule has 208 valence electrons. The fraction of sp³-hybridized carbons (Fsp3) is 0.333. The summed E-state index contributed by atoms with van der Waals surface area (Å²) in [5.41, 5.74) is -0.302. The van der Waals surface area contributed by atoms with Crippen molar-refractivity contribution in [2.45, 2.75) is 44.9 Å². The number of carbonyl (C=O) groups is 1. The second kappa shape index (κ2) is 9.82. The number of alkyl halides is 3. The van der Waals surface area contributed by atoms with Crippen molar-refractivity contribution >= 4 is 16.7 Å². The summed E-state index contributed by atoms with van der Waals surface area (Å²) in [6.07, 6.45) is -5.62. The lowest BCUT2D eigenvalue weighted by Crippen LogP contribution is -2.38. The van der Waals surface area contributed by atoms with Crippen LogP contribution in [0.2, 0.25) is 0 Å². The summed E-state index contributed by atoms with van der Waals surface area (Å²) in [6.45, 7) is 2.21. The second-order valence-electron chi connectivity index (χ2n) is 9.73. The molecule has 0 bridgehead atoms. The Morgan fingerprint density at radius 1 is 1.18 bits per heavy atom. The van der Waals surface area contributed by atoms with Crippen molar-refractivity contribution < 1.29 is 27.1 Å². The summed E-state index contributed by atoms with van der Waals surface area (Å²) >= 11 is 0. The van der Waals surface area contributed by atoms with Crippen molar-refractivity contribution in [2.75, 3.05) is 13.1 Å². The van der Waals surface area contributed by atoms with Crippen LogP contribution in [0.1, 0.15) is 51.9 Å². The first kappa shape index (κ1) is 26.1. The van der Waals surface area contributed by atoms with Gasteiger partial charge in [0.25, 0.3) is 11.5 Å². The largest absolute Gasteiger partial charge is 0.435 e. The van der Waals surface area contributed by atoms with Crippen molar-refractivity contribution in [1.82, 2.24) is 30.0 Å². The molecular weight excluding hydrogens is 532 g/mol. The molecule has 0 saturated carbocycles. The first-order valence-corrected chi connectivity index (χ1v) is 12.7. The number of amides is 1. The summed E-state index contributed by atoms with van der Waals surface area (Å²) in [6, 6.07) is 11.7. The lowest BCUT2D eigenvalue weighted by atomic mass is 10.0. The van der Waals surface area contributed by atoms with Gasteiger partial charge in [-0.25, -0.2) is 14.5 Å². The Labute approximate surface area is 224 Å². The smallest absolute Gasteiger partial charge is 0.351 e. The third-order valence-corrected chi connectivity index (χ3v) is 7.16. The van der Waals surface area contributed by atoms with Crippen molar-refractivity contribution in [1.29, 1.82) is 0 Å². The van der Waals surface area contributed by atoms with Crippen LogP contribution in [0.15, 0.2) is 47.3 Å². The van der Waals surface area contributed by atoms with Crippen LogP contribution >= 0.6 is 0 Å². The summed E-state index contributed by atoms with van der Waals surface area (Å²) in [5.74, 6) is -1.20. The van der Waals surface area contributed by atoms with E-state index in [1.54, 1.807) is 42.2 Å². The van der Waals surface area contributed by atoms with Gasteiger partial charge in [-0.3, -0.25) is 14.5 Å². The number of imidazole rings is 1. The fourth-order valence-corrected chi connectivity index (χ4v) is 5.27. The minimum absolute atomic E-state index is 0.0122. The Balaban J connectivity index is 1.22. The maximum Gasteiger partial charge on any atom is 0.435 e. The highest BCUT2D eigenvalue weighted by atomic mass is 19.4. The van der Waals surface area contributed by atoms with Gasteiger partial charge in [-0.05, 0) is 30.7 Å². The molecule has 1 amide bonds. The van der Waals surface area contributed by atoms with Crippen LogP contribution in [0, 0.1) is 5.82 Å². The van der Waals surface area contributed by atoms with E-state index in [0.717, 1.165) is 5.56 Å². The first-order valence-electron chi connectivity index (χ1n) is 12.7. The average Bonchev–Trinajstić information content (AvgIpc) is 3.62. The number of nitrogens with zero attached hydrogens (tertiary/aromatic N) is 4. The molecule has 0 aliphatic carbocycles. The molecule has 2 aromatic carbocycles. The number of fused-ring (bicyclic) bond motifs is 2. The molecule has 13 heteroatoms. The molecule has 4 heterocycles. The van der Waals surface area contributed by atoms with E-state index >= 15 is 0 Å². The third-order valence-electron chi connectivity index (χ3n) is 7.16. The first-order chi connectivity index (χ1) is 19.2. The minimum Gasteiger partial charge on any atom is -0.351 e. The Kier molecular flexibility index (Phi) is 6.42. The molecule has 4 aromatic rings. The number of hydrogen-bond acceptors (Lipinski definition) is 6. The Hall–Kier alpha value is -4.10. The summed E-state index contributed by atoms with van der Waals surface area (Å²) in [4.78, 5) is 30.1. The third kappa shape index (κ3) is 4.64. The highest BCUT2D eigenvalue weighted by Gasteiger charge is 2.49. The molecule has 6 rings (SSSR count). The van der Waals surface area contributed by atoms with Crippen LogP contribution in [0.3, 0.4) is 0 Å². The minimum atomic E-state index is -4.79. The number of benzene rings is 2. The molecule has 40 heavy (non-hydrogen) atoms. The molecule has 2 atom stereocenters. The van der Waals surface area contributed by atoms with Crippen LogP contribution in [-0.2, 0) is 30.4 Å². The number of ether oxygens (including phenoxy) is 1. The molecule has 2 N–H and O–H groups in total. The molecule has 2 aliphatic rings. The van der Waals surface area contributed by atoms with Crippen LogP contribution < -0.4 is 10.9 Å². The van der Waals surface area contributed by atoms with Crippen molar-refractivity contribution in [3.05, 3.63) is 92.7 Å².